The highest BCUT2D eigenvalue weighted by atomic mass is 19.4. The molecule has 9 heteroatoms. The number of carbonyl (C=O) groups is 2. The van der Waals surface area contributed by atoms with Gasteiger partial charge in [-0.25, -0.2) is 0 Å². The van der Waals surface area contributed by atoms with Gasteiger partial charge in [0.15, 0.2) is 5.69 Å². The normalized spacial score (nSPS) is 13.5. The quantitative estimate of drug-likeness (QED) is 0.398. The van der Waals surface area contributed by atoms with Crippen molar-refractivity contribution in [3.8, 4) is 0 Å². The van der Waals surface area contributed by atoms with Crippen LogP contribution in [0.15, 0.2) is 91.0 Å². The van der Waals surface area contributed by atoms with E-state index >= 15 is 0 Å². The van der Waals surface area contributed by atoms with Gasteiger partial charge in [0.05, 0.1) is 18.2 Å². The molecule has 0 saturated carbocycles. The van der Waals surface area contributed by atoms with Gasteiger partial charge in [-0.05, 0) is 22.8 Å². The van der Waals surface area contributed by atoms with E-state index in [0.29, 0.717) is 0 Å². The van der Waals surface area contributed by atoms with E-state index in [0.717, 1.165) is 17.2 Å². The Labute approximate surface area is 211 Å². The second-order valence-corrected chi connectivity index (χ2v) is 8.75. The number of rotatable bonds is 6. The van der Waals surface area contributed by atoms with Crippen molar-refractivity contribution in [2.75, 3.05) is 6.54 Å². The highest BCUT2D eigenvalue weighted by Gasteiger charge is 2.35. The number of nitrogens with one attached hydrogen (secondary N) is 1. The maximum atomic E-state index is 13.4. The fraction of sp³-hybridized carbons (Fsp3) is 0.179. The minimum absolute atomic E-state index is 0.0165. The van der Waals surface area contributed by atoms with Crippen LogP contribution in [0.4, 0.5) is 13.2 Å². The molecule has 2 amide bonds. The summed E-state index contributed by atoms with van der Waals surface area (Å²) in [6.45, 7) is 0.256. The van der Waals surface area contributed by atoms with Crippen LogP contribution in [-0.4, -0.2) is 33.0 Å². The molecule has 188 valence electrons. The average Bonchev–Trinajstić information content (AvgIpc) is 3.35. The topological polar surface area (TPSA) is 67.2 Å². The molecule has 1 N–H and O–H groups in total. The maximum Gasteiger partial charge on any atom is 0.416 e. The van der Waals surface area contributed by atoms with Gasteiger partial charge >= 0.3 is 6.18 Å². The van der Waals surface area contributed by atoms with Crippen molar-refractivity contribution in [2.24, 2.45) is 0 Å². The number of halogens is 3. The molecule has 1 aromatic heterocycles. The van der Waals surface area contributed by atoms with Crippen molar-refractivity contribution >= 4 is 11.8 Å². The Hall–Kier alpha value is -4.40. The Bertz CT molecular complexity index is 1380. The fourth-order valence-corrected chi connectivity index (χ4v) is 4.50. The van der Waals surface area contributed by atoms with E-state index in [2.05, 4.69) is 10.4 Å². The van der Waals surface area contributed by atoms with Gasteiger partial charge in [-0.15, -0.1) is 0 Å². The standard InChI is InChI=1S/C28H23F3N4O2/c29-28(30,31)22-14-8-7-13-21(22)18-34-15-16-35-24(27(34)37)17-23(33-35)26(36)32-25(19-9-3-1-4-10-19)20-11-5-2-6-12-20/h1-14,17,25H,15-16,18H2,(H,32,36). The van der Waals surface area contributed by atoms with Crippen LogP contribution in [0.2, 0.25) is 0 Å². The van der Waals surface area contributed by atoms with Gasteiger partial charge in [-0.1, -0.05) is 78.9 Å². The van der Waals surface area contributed by atoms with E-state index in [-0.39, 0.29) is 36.6 Å². The summed E-state index contributed by atoms with van der Waals surface area (Å²) >= 11 is 0. The molecule has 1 aliphatic heterocycles. The van der Waals surface area contributed by atoms with Crippen LogP contribution < -0.4 is 5.32 Å². The fourth-order valence-electron chi connectivity index (χ4n) is 4.50. The zero-order valence-corrected chi connectivity index (χ0v) is 19.7. The lowest BCUT2D eigenvalue weighted by molar-refractivity contribution is -0.138. The van der Waals surface area contributed by atoms with Crippen LogP contribution in [0, 0.1) is 0 Å². The molecule has 6 nitrogen and oxygen atoms in total. The van der Waals surface area contributed by atoms with Crippen molar-refractivity contribution in [2.45, 2.75) is 25.3 Å². The molecule has 1 aliphatic rings. The summed E-state index contributed by atoms with van der Waals surface area (Å²) in [5, 5.41) is 7.32. The predicted molar refractivity (Wildman–Crippen MR) is 131 cm³/mol. The molecule has 2 heterocycles. The molecule has 4 aromatic rings. The maximum absolute atomic E-state index is 13.4. The number of aromatic nitrogens is 2. The van der Waals surface area contributed by atoms with Gasteiger partial charge in [-0.2, -0.15) is 18.3 Å². The van der Waals surface area contributed by atoms with Gasteiger partial charge in [0, 0.05) is 19.2 Å². The Morgan fingerprint density at radius 1 is 0.892 bits per heavy atom. The van der Waals surface area contributed by atoms with Crippen molar-refractivity contribution in [1.82, 2.24) is 20.0 Å². The highest BCUT2D eigenvalue weighted by molar-refractivity contribution is 5.98. The van der Waals surface area contributed by atoms with E-state index in [1.165, 1.54) is 33.8 Å². The molecule has 0 bridgehead atoms. The number of hydrogen-bond donors (Lipinski definition) is 1. The lowest BCUT2D eigenvalue weighted by Gasteiger charge is -2.28. The van der Waals surface area contributed by atoms with Gasteiger partial charge in [0.2, 0.25) is 0 Å². The number of fused-ring (bicyclic) bond motifs is 1. The lowest BCUT2D eigenvalue weighted by atomic mass is 9.98. The first-order valence-corrected chi connectivity index (χ1v) is 11.7. The smallest absolute Gasteiger partial charge is 0.340 e. The number of alkyl halides is 3. The van der Waals surface area contributed by atoms with Crippen molar-refractivity contribution < 1.29 is 22.8 Å². The summed E-state index contributed by atoms with van der Waals surface area (Å²) in [5.74, 6) is -0.932. The molecule has 5 rings (SSSR count). The Morgan fingerprint density at radius 2 is 1.49 bits per heavy atom. The van der Waals surface area contributed by atoms with E-state index in [1.54, 1.807) is 0 Å². The van der Waals surface area contributed by atoms with Gasteiger partial charge in [0.25, 0.3) is 11.8 Å². The van der Waals surface area contributed by atoms with Crippen LogP contribution in [0.3, 0.4) is 0 Å². The van der Waals surface area contributed by atoms with Crippen LogP contribution in [0.1, 0.15) is 49.3 Å². The zero-order chi connectivity index (χ0) is 26.0. The molecule has 0 radical (unpaired) electrons. The highest BCUT2D eigenvalue weighted by Crippen LogP contribution is 2.33. The first-order chi connectivity index (χ1) is 17.8. The number of nitrogens with zero attached hydrogens (tertiary/aromatic N) is 3. The molecule has 0 fully saturated rings. The summed E-state index contributed by atoms with van der Waals surface area (Å²) in [5.41, 5.74) is 1.25. The molecule has 0 atom stereocenters. The second-order valence-electron chi connectivity index (χ2n) is 8.75. The van der Waals surface area contributed by atoms with Crippen LogP contribution in [0.25, 0.3) is 0 Å². The molecular formula is C28H23F3N4O2. The molecule has 3 aromatic carbocycles. The van der Waals surface area contributed by atoms with E-state index in [1.807, 2.05) is 60.7 Å². The van der Waals surface area contributed by atoms with Crippen LogP contribution in [0.5, 0.6) is 0 Å². The first-order valence-electron chi connectivity index (χ1n) is 11.7. The summed E-state index contributed by atoms with van der Waals surface area (Å²) in [6, 6.07) is 25.2. The van der Waals surface area contributed by atoms with Crippen molar-refractivity contribution in [3.05, 3.63) is 125 Å². The van der Waals surface area contributed by atoms with E-state index in [4.69, 9.17) is 0 Å². The summed E-state index contributed by atoms with van der Waals surface area (Å²) in [6.07, 6.45) is -4.52. The Balaban J connectivity index is 1.37. The van der Waals surface area contributed by atoms with Crippen LogP contribution in [-0.2, 0) is 19.3 Å². The van der Waals surface area contributed by atoms with Crippen molar-refractivity contribution in [3.63, 3.8) is 0 Å². The Kier molecular flexibility index (Phi) is 6.52. The summed E-state index contributed by atoms with van der Waals surface area (Å²) < 4.78 is 41.7. The monoisotopic (exact) mass is 504 g/mol. The van der Waals surface area contributed by atoms with E-state index in [9.17, 15) is 22.8 Å². The summed E-state index contributed by atoms with van der Waals surface area (Å²) in [7, 11) is 0. The molecular weight excluding hydrogens is 481 g/mol. The largest absolute Gasteiger partial charge is 0.416 e. The second kappa shape index (κ2) is 9.93. The van der Waals surface area contributed by atoms with Crippen molar-refractivity contribution in [1.29, 1.82) is 0 Å². The third-order valence-electron chi connectivity index (χ3n) is 6.33. The SMILES string of the molecule is O=C(NC(c1ccccc1)c1ccccc1)c1cc2n(n1)CCN(Cc1ccccc1C(F)(F)F)C2=O. The molecule has 0 saturated heterocycles. The molecule has 0 aliphatic carbocycles. The number of carbonyl (C=O) groups excluding carboxylic acids is 2. The minimum Gasteiger partial charge on any atom is -0.340 e. The van der Waals surface area contributed by atoms with Gasteiger partial charge < -0.3 is 10.2 Å². The first kappa shape index (κ1) is 24.3. The number of amides is 2. The third-order valence-corrected chi connectivity index (χ3v) is 6.33. The molecule has 0 unspecified atom stereocenters. The number of benzene rings is 3. The Morgan fingerprint density at radius 3 is 2.11 bits per heavy atom. The molecule has 0 spiro atoms. The van der Waals surface area contributed by atoms with Crippen LogP contribution >= 0.6 is 0 Å². The summed E-state index contributed by atoms with van der Waals surface area (Å²) in [4.78, 5) is 27.7. The molecule has 37 heavy (non-hydrogen) atoms. The third kappa shape index (κ3) is 5.11. The zero-order valence-electron chi connectivity index (χ0n) is 19.7. The minimum atomic E-state index is -4.52. The van der Waals surface area contributed by atoms with Gasteiger partial charge in [-0.3, -0.25) is 14.3 Å². The van der Waals surface area contributed by atoms with Gasteiger partial charge in [0.1, 0.15) is 5.69 Å². The lowest BCUT2D eigenvalue weighted by Crippen LogP contribution is -2.40. The number of hydrogen-bond acceptors (Lipinski definition) is 3. The average molecular weight is 505 g/mol. The predicted octanol–water partition coefficient (Wildman–Crippen LogP) is 5.08. The van der Waals surface area contributed by atoms with E-state index < -0.39 is 29.6 Å².